The van der Waals surface area contributed by atoms with Crippen molar-refractivity contribution in [2.75, 3.05) is 18.7 Å². The Kier molecular flexibility index (Phi) is 5.09. The van der Waals surface area contributed by atoms with Crippen LogP contribution in [-0.2, 0) is 0 Å². The van der Waals surface area contributed by atoms with E-state index in [1.54, 1.807) is 31.0 Å². The van der Waals surface area contributed by atoms with Crippen LogP contribution >= 0.6 is 27.7 Å². The molecule has 0 aliphatic heterocycles. The maximum absolute atomic E-state index is 12.2. The Morgan fingerprint density at radius 1 is 1.20 bits per heavy atom. The van der Waals surface area contributed by atoms with Gasteiger partial charge in [-0.25, -0.2) is 0 Å². The lowest BCUT2D eigenvalue weighted by Gasteiger charge is -2.10. The largest absolute Gasteiger partial charge is 0.496 e. The van der Waals surface area contributed by atoms with Crippen molar-refractivity contribution in [2.24, 2.45) is 0 Å². The smallest absolute Gasteiger partial charge is 0.259 e. The van der Waals surface area contributed by atoms with Crippen LogP contribution < -0.4 is 10.1 Å². The fraction of sp³-hybridized carbons (Fsp3) is 0.133. The zero-order chi connectivity index (χ0) is 14.5. The molecule has 20 heavy (non-hydrogen) atoms. The second-order valence-corrected chi connectivity index (χ2v) is 5.82. The number of hydrogen-bond donors (Lipinski definition) is 1. The van der Waals surface area contributed by atoms with E-state index in [1.165, 1.54) is 0 Å². The van der Waals surface area contributed by atoms with Gasteiger partial charge in [0.1, 0.15) is 5.75 Å². The number of ether oxygens (including phenoxy) is 1. The van der Waals surface area contributed by atoms with E-state index >= 15 is 0 Å². The molecule has 0 atom stereocenters. The lowest BCUT2D eigenvalue weighted by atomic mass is 10.2. The quantitative estimate of drug-likeness (QED) is 0.828. The summed E-state index contributed by atoms with van der Waals surface area (Å²) in [5.41, 5.74) is 1.27. The summed E-state index contributed by atoms with van der Waals surface area (Å²) in [6.07, 6.45) is 2.01. The minimum Gasteiger partial charge on any atom is -0.496 e. The molecule has 104 valence electrons. The maximum atomic E-state index is 12.2. The Hall–Kier alpha value is -1.46. The summed E-state index contributed by atoms with van der Waals surface area (Å²) in [5.74, 6) is 0.351. The van der Waals surface area contributed by atoms with Crippen LogP contribution in [0.3, 0.4) is 0 Å². The molecule has 1 amide bonds. The van der Waals surface area contributed by atoms with Crippen molar-refractivity contribution >= 4 is 39.3 Å². The van der Waals surface area contributed by atoms with Crippen molar-refractivity contribution in [1.29, 1.82) is 0 Å². The van der Waals surface area contributed by atoms with Gasteiger partial charge in [-0.05, 0) is 48.7 Å². The number of rotatable bonds is 4. The summed E-state index contributed by atoms with van der Waals surface area (Å²) in [6, 6.07) is 13.0. The van der Waals surface area contributed by atoms with Gasteiger partial charge in [-0.2, -0.15) is 0 Å². The lowest BCUT2D eigenvalue weighted by Crippen LogP contribution is -2.13. The maximum Gasteiger partial charge on any atom is 0.259 e. The summed E-state index contributed by atoms with van der Waals surface area (Å²) in [5, 5.41) is 2.86. The summed E-state index contributed by atoms with van der Waals surface area (Å²) in [6.45, 7) is 0. The molecule has 0 aromatic heterocycles. The van der Waals surface area contributed by atoms with Crippen LogP contribution in [0.4, 0.5) is 5.69 Å². The van der Waals surface area contributed by atoms with E-state index < -0.39 is 0 Å². The number of nitrogens with one attached hydrogen (secondary N) is 1. The molecule has 0 fully saturated rings. The Morgan fingerprint density at radius 3 is 2.50 bits per heavy atom. The molecule has 0 saturated heterocycles. The van der Waals surface area contributed by atoms with Crippen molar-refractivity contribution in [3.8, 4) is 5.75 Å². The molecule has 2 aromatic carbocycles. The Balaban J connectivity index is 2.19. The highest BCUT2D eigenvalue weighted by Gasteiger charge is 2.12. The highest BCUT2D eigenvalue weighted by atomic mass is 79.9. The van der Waals surface area contributed by atoms with Crippen molar-refractivity contribution in [3.05, 3.63) is 52.5 Å². The fourth-order valence-corrected chi connectivity index (χ4v) is 2.47. The molecule has 3 nitrogen and oxygen atoms in total. The molecule has 0 bridgehead atoms. The van der Waals surface area contributed by atoms with Gasteiger partial charge < -0.3 is 10.1 Å². The monoisotopic (exact) mass is 351 g/mol. The Labute approximate surface area is 130 Å². The standard InChI is InChI=1S/C15H14BrNO2S/c1-19-14-9-10(16)3-8-13(14)15(18)17-11-4-6-12(20-2)7-5-11/h3-9H,1-2H3,(H,17,18). The molecule has 2 aromatic rings. The van der Waals surface area contributed by atoms with Gasteiger partial charge in [0, 0.05) is 15.1 Å². The molecule has 1 N–H and O–H groups in total. The van der Waals surface area contributed by atoms with Gasteiger partial charge >= 0.3 is 0 Å². The van der Waals surface area contributed by atoms with Crippen LogP contribution in [0, 0.1) is 0 Å². The van der Waals surface area contributed by atoms with Crippen molar-refractivity contribution < 1.29 is 9.53 Å². The van der Waals surface area contributed by atoms with Gasteiger partial charge in [0.05, 0.1) is 12.7 Å². The molecule has 0 aliphatic carbocycles. The minimum atomic E-state index is -0.189. The van der Waals surface area contributed by atoms with Crippen LogP contribution in [0.25, 0.3) is 0 Å². The van der Waals surface area contributed by atoms with Crippen LogP contribution in [0.15, 0.2) is 51.8 Å². The van der Waals surface area contributed by atoms with E-state index in [9.17, 15) is 4.79 Å². The minimum absolute atomic E-state index is 0.189. The summed E-state index contributed by atoms with van der Waals surface area (Å²) >= 11 is 5.02. The average molecular weight is 352 g/mol. The van der Waals surface area contributed by atoms with Crippen molar-refractivity contribution in [1.82, 2.24) is 0 Å². The van der Waals surface area contributed by atoms with Gasteiger partial charge in [0.2, 0.25) is 0 Å². The second kappa shape index (κ2) is 6.81. The highest BCUT2D eigenvalue weighted by molar-refractivity contribution is 9.10. The van der Waals surface area contributed by atoms with Gasteiger partial charge in [-0.15, -0.1) is 11.8 Å². The number of carbonyl (C=O) groups is 1. The number of thioether (sulfide) groups is 1. The van der Waals surface area contributed by atoms with Crippen molar-refractivity contribution in [2.45, 2.75) is 4.90 Å². The Bertz CT molecular complexity index is 614. The van der Waals surface area contributed by atoms with E-state index in [0.717, 1.165) is 15.1 Å². The predicted octanol–water partition coefficient (Wildman–Crippen LogP) is 4.43. The molecule has 0 spiro atoms. The normalized spacial score (nSPS) is 10.2. The zero-order valence-corrected chi connectivity index (χ0v) is 13.5. The number of carbonyl (C=O) groups excluding carboxylic acids is 1. The van der Waals surface area contributed by atoms with Gasteiger partial charge in [-0.1, -0.05) is 15.9 Å². The van der Waals surface area contributed by atoms with E-state index in [1.807, 2.05) is 36.6 Å². The molecule has 0 aliphatic rings. The van der Waals surface area contributed by atoms with Gasteiger partial charge in [0.25, 0.3) is 5.91 Å². The molecule has 0 unspecified atom stereocenters. The SMILES string of the molecule is COc1cc(Br)ccc1C(=O)Nc1ccc(SC)cc1. The number of halogens is 1. The first kappa shape index (κ1) is 14.9. The number of methoxy groups -OCH3 is 1. The molecule has 5 heteroatoms. The average Bonchev–Trinajstić information content (AvgIpc) is 2.47. The number of anilines is 1. The third kappa shape index (κ3) is 3.55. The first-order valence-corrected chi connectivity index (χ1v) is 7.94. The highest BCUT2D eigenvalue weighted by Crippen LogP contribution is 2.25. The molecular weight excluding hydrogens is 338 g/mol. The third-order valence-corrected chi connectivity index (χ3v) is 3.99. The summed E-state index contributed by atoms with van der Waals surface area (Å²) in [4.78, 5) is 13.4. The van der Waals surface area contributed by atoms with Crippen molar-refractivity contribution in [3.63, 3.8) is 0 Å². The van der Waals surface area contributed by atoms with Gasteiger partial charge in [0.15, 0.2) is 0 Å². The molecule has 2 rings (SSSR count). The van der Waals surface area contributed by atoms with Crippen LogP contribution in [0.2, 0.25) is 0 Å². The van der Waals surface area contributed by atoms with E-state index in [0.29, 0.717) is 11.3 Å². The third-order valence-electron chi connectivity index (χ3n) is 2.76. The molecular formula is C15H14BrNO2S. The van der Waals surface area contributed by atoms with E-state index in [-0.39, 0.29) is 5.91 Å². The van der Waals surface area contributed by atoms with Crippen LogP contribution in [-0.4, -0.2) is 19.3 Å². The zero-order valence-electron chi connectivity index (χ0n) is 11.1. The van der Waals surface area contributed by atoms with E-state index in [4.69, 9.17) is 4.74 Å². The summed E-state index contributed by atoms with van der Waals surface area (Å²) < 4.78 is 6.10. The fourth-order valence-electron chi connectivity index (χ4n) is 1.73. The number of benzene rings is 2. The number of hydrogen-bond acceptors (Lipinski definition) is 3. The first-order valence-electron chi connectivity index (χ1n) is 5.93. The molecule has 0 saturated carbocycles. The van der Waals surface area contributed by atoms with Crippen LogP contribution in [0.5, 0.6) is 5.75 Å². The lowest BCUT2D eigenvalue weighted by molar-refractivity contribution is 0.102. The first-order chi connectivity index (χ1) is 9.63. The predicted molar refractivity (Wildman–Crippen MR) is 86.9 cm³/mol. The molecule has 0 radical (unpaired) electrons. The Morgan fingerprint density at radius 2 is 1.90 bits per heavy atom. The number of amides is 1. The summed E-state index contributed by atoms with van der Waals surface area (Å²) in [7, 11) is 1.55. The second-order valence-electron chi connectivity index (χ2n) is 4.03. The topological polar surface area (TPSA) is 38.3 Å². The van der Waals surface area contributed by atoms with Gasteiger partial charge in [-0.3, -0.25) is 4.79 Å². The van der Waals surface area contributed by atoms with E-state index in [2.05, 4.69) is 21.2 Å². The van der Waals surface area contributed by atoms with Crippen LogP contribution in [0.1, 0.15) is 10.4 Å². The molecule has 0 heterocycles.